The molecule has 0 aliphatic heterocycles. The molecular formula is C14H25IN4O2. The average Bonchev–Trinajstić information content (AvgIpc) is 2.48. The second-order valence-corrected chi connectivity index (χ2v) is 3.95. The summed E-state index contributed by atoms with van der Waals surface area (Å²) in [7, 11) is 1.74. The predicted molar refractivity (Wildman–Crippen MR) is 95.5 cm³/mol. The van der Waals surface area contributed by atoms with Gasteiger partial charge in [0.25, 0.3) is 0 Å². The second kappa shape index (κ2) is 12.6. The Kier molecular flexibility index (Phi) is 12.0. The quantitative estimate of drug-likeness (QED) is 0.297. The van der Waals surface area contributed by atoms with Crippen molar-refractivity contribution in [3.8, 4) is 5.88 Å². The first-order valence-corrected chi connectivity index (χ1v) is 6.90. The van der Waals surface area contributed by atoms with E-state index in [1.807, 2.05) is 26.0 Å². The Bertz CT molecular complexity index is 416. The number of aromatic nitrogens is 1. The molecule has 0 unspecified atom stereocenters. The van der Waals surface area contributed by atoms with Gasteiger partial charge in [-0.1, -0.05) is 6.07 Å². The number of pyridine rings is 1. The lowest BCUT2D eigenvalue weighted by Gasteiger charge is -2.13. The van der Waals surface area contributed by atoms with Gasteiger partial charge in [-0.3, -0.25) is 4.99 Å². The Morgan fingerprint density at radius 3 is 2.76 bits per heavy atom. The minimum Gasteiger partial charge on any atom is -0.478 e. The topological polar surface area (TPSA) is 67.8 Å². The summed E-state index contributed by atoms with van der Waals surface area (Å²) >= 11 is 0. The van der Waals surface area contributed by atoms with Gasteiger partial charge in [-0.15, -0.1) is 24.0 Å². The molecule has 0 aromatic carbocycles. The van der Waals surface area contributed by atoms with E-state index in [4.69, 9.17) is 9.47 Å². The monoisotopic (exact) mass is 408 g/mol. The summed E-state index contributed by atoms with van der Waals surface area (Å²) in [4.78, 5) is 8.37. The van der Waals surface area contributed by atoms with Crippen molar-refractivity contribution in [2.45, 2.75) is 20.4 Å². The maximum Gasteiger partial charge on any atom is 0.218 e. The number of aliphatic imine (C=N–C) groups is 1. The van der Waals surface area contributed by atoms with E-state index in [9.17, 15) is 0 Å². The number of halogens is 1. The smallest absolute Gasteiger partial charge is 0.218 e. The minimum atomic E-state index is 0. The molecule has 6 nitrogen and oxygen atoms in total. The first-order valence-electron chi connectivity index (χ1n) is 6.90. The van der Waals surface area contributed by atoms with Crippen LogP contribution in [0.2, 0.25) is 0 Å². The summed E-state index contributed by atoms with van der Waals surface area (Å²) in [5.41, 5.74) is 1.00. The van der Waals surface area contributed by atoms with Crippen molar-refractivity contribution < 1.29 is 9.47 Å². The molecule has 0 fully saturated rings. The molecule has 0 atom stereocenters. The summed E-state index contributed by atoms with van der Waals surface area (Å²) in [6, 6.07) is 3.88. The lowest BCUT2D eigenvalue weighted by Crippen LogP contribution is -2.38. The third kappa shape index (κ3) is 8.05. The summed E-state index contributed by atoms with van der Waals surface area (Å²) < 4.78 is 10.8. The van der Waals surface area contributed by atoms with Crippen LogP contribution in [0.4, 0.5) is 0 Å². The minimum absolute atomic E-state index is 0. The highest BCUT2D eigenvalue weighted by atomic mass is 127. The zero-order chi connectivity index (χ0) is 14.6. The van der Waals surface area contributed by atoms with Gasteiger partial charge in [0.2, 0.25) is 5.88 Å². The molecule has 0 aliphatic carbocycles. The zero-order valence-corrected chi connectivity index (χ0v) is 15.2. The van der Waals surface area contributed by atoms with Gasteiger partial charge in [-0.25, -0.2) is 4.98 Å². The van der Waals surface area contributed by atoms with E-state index in [0.717, 1.165) is 24.7 Å². The number of ether oxygens (including phenoxy) is 2. The Balaban J connectivity index is 0.00000400. The molecule has 1 aromatic rings. The molecular weight excluding hydrogens is 383 g/mol. The molecule has 1 rings (SSSR count). The maximum atomic E-state index is 5.48. The highest BCUT2D eigenvalue weighted by Crippen LogP contribution is 2.13. The summed E-state index contributed by atoms with van der Waals surface area (Å²) in [6.45, 7) is 7.24. The van der Waals surface area contributed by atoms with Crippen LogP contribution in [0.1, 0.15) is 19.4 Å². The van der Waals surface area contributed by atoms with E-state index in [1.54, 1.807) is 13.2 Å². The van der Waals surface area contributed by atoms with Crippen LogP contribution in [-0.4, -0.2) is 44.4 Å². The first kappa shape index (κ1) is 19.9. The van der Waals surface area contributed by atoms with Crippen molar-refractivity contribution in [3.05, 3.63) is 23.9 Å². The van der Waals surface area contributed by atoms with Crippen LogP contribution in [-0.2, 0) is 11.3 Å². The predicted octanol–water partition coefficient (Wildman–Crippen LogP) is 1.80. The highest BCUT2D eigenvalue weighted by Gasteiger charge is 2.05. The van der Waals surface area contributed by atoms with Gasteiger partial charge in [0, 0.05) is 38.5 Å². The van der Waals surface area contributed by atoms with Crippen LogP contribution in [0.15, 0.2) is 23.3 Å². The first-order chi connectivity index (χ1) is 9.81. The van der Waals surface area contributed by atoms with E-state index in [-0.39, 0.29) is 24.0 Å². The van der Waals surface area contributed by atoms with E-state index >= 15 is 0 Å². The molecule has 120 valence electrons. The van der Waals surface area contributed by atoms with E-state index < -0.39 is 0 Å². The molecule has 2 N–H and O–H groups in total. The Labute approximate surface area is 143 Å². The number of nitrogens with zero attached hydrogens (tertiary/aromatic N) is 2. The molecule has 0 saturated carbocycles. The second-order valence-electron chi connectivity index (χ2n) is 3.95. The van der Waals surface area contributed by atoms with Crippen LogP contribution in [0.3, 0.4) is 0 Å². The van der Waals surface area contributed by atoms with Crippen molar-refractivity contribution in [1.29, 1.82) is 0 Å². The van der Waals surface area contributed by atoms with Crippen molar-refractivity contribution in [2.75, 3.05) is 33.4 Å². The van der Waals surface area contributed by atoms with E-state index in [1.165, 1.54) is 0 Å². The third-order valence-electron chi connectivity index (χ3n) is 2.54. The van der Waals surface area contributed by atoms with Crippen LogP contribution in [0.5, 0.6) is 5.88 Å². The lowest BCUT2D eigenvalue weighted by atomic mass is 10.2. The number of nitrogens with one attached hydrogen (secondary N) is 2. The fourth-order valence-corrected chi connectivity index (χ4v) is 1.61. The van der Waals surface area contributed by atoms with Crippen molar-refractivity contribution in [1.82, 2.24) is 15.6 Å². The van der Waals surface area contributed by atoms with Crippen LogP contribution < -0.4 is 15.4 Å². The normalized spacial score (nSPS) is 10.7. The molecule has 0 amide bonds. The van der Waals surface area contributed by atoms with Crippen LogP contribution >= 0.6 is 24.0 Å². The molecule has 0 saturated heterocycles. The molecule has 21 heavy (non-hydrogen) atoms. The number of rotatable bonds is 8. The van der Waals surface area contributed by atoms with Gasteiger partial charge in [0.1, 0.15) is 0 Å². The van der Waals surface area contributed by atoms with E-state index in [0.29, 0.717) is 25.6 Å². The average molecular weight is 408 g/mol. The summed E-state index contributed by atoms with van der Waals surface area (Å²) in [5.74, 6) is 1.39. The highest BCUT2D eigenvalue weighted by molar-refractivity contribution is 14.0. The summed E-state index contributed by atoms with van der Waals surface area (Å²) in [6.07, 6.45) is 1.73. The lowest BCUT2D eigenvalue weighted by molar-refractivity contribution is 0.152. The standard InChI is InChI=1S/C14H24N4O2.HI/c1-4-19-10-9-17-14(15-3)18-11-12-7-6-8-16-13(12)20-5-2;/h6-8H,4-5,9-11H2,1-3H3,(H2,15,17,18);1H. The van der Waals surface area contributed by atoms with Gasteiger partial charge in [0.05, 0.1) is 13.2 Å². The Morgan fingerprint density at radius 1 is 1.29 bits per heavy atom. The van der Waals surface area contributed by atoms with Gasteiger partial charge < -0.3 is 20.1 Å². The fraction of sp³-hybridized carbons (Fsp3) is 0.571. The molecule has 0 spiro atoms. The Hall–Kier alpha value is -1.09. The molecule has 0 radical (unpaired) electrons. The fourth-order valence-electron chi connectivity index (χ4n) is 1.61. The van der Waals surface area contributed by atoms with Gasteiger partial charge in [0.15, 0.2) is 5.96 Å². The van der Waals surface area contributed by atoms with Crippen molar-refractivity contribution >= 4 is 29.9 Å². The van der Waals surface area contributed by atoms with Crippen LogP contribution in [0.25, 0.3) is 0 Å². The van der Waals surface area contributed by atoms with Gasteiger partial charge in [-0.05, 0) is 19.9 Å². The molecule has 1 heterocycles. The Morgan fingerprint density at radius 2 is 2.10 bits per heavy atom. The number of hydrogen-bond donors (Lipinski definition) is 2. The molecule has 0 bridgehead atoms. The number of hydrogen-bond acceptors (Lipinski definition) is 4. The maximum absolute atomic E-state index is 5.48. The third-order valence-corrected chi connectivity index (χ3v) is 2.54. The molecule has 0 aliphatic rings. The van der Waals surface area contributed by atoms with Gasteiger partial charge in [-0.2, -0.15) is 0 Å². The van der Waals surface area contributed by atoms with Crippen molar-refractivity contribution in [2.24, 2.45) is 4.99 Å². The largest absolute Gasteiger partial charge is 0.478 e. The van der Waals surface area contributed by atoms with Crippen LogP contribution in [0, 0.1) is 0 Å². The molecule has 7 heteroatoms. The van der Waals surface area contributed by atoms with Crippen molar-refractivity contribution in [3.63, 3.8) is 0 Å². The molecule has 1 aromatic heterocycles. The van der Waals surface area contributed by atoms with Gasteiger partial charge >= 0.3 is 0 Å². The summed E-state index contributed by atoms with van der Waals surface area (Å²) in [5, 5.41) is 6.40. The van der Waals surface area contributed by atoms with E-state index in [2.05, 4.69) is 20.6 Å². The number of guanidine groups is 1. The SMILES string of the molecule is CCOCCNC(=NC)NCc1cccnc1OCC.I. The zero-order valence-electron chi connectivity index (χ0n) is 12.9.